The van der Waals surface area contributed by atoms with E-state index in [0.29, 0.717) is 6.54 Å². The van der Waals surface area contributed by atoms with Crippen LogP contribution in [-0.2, 0) is 6.18 Å². The zero-order valence-corrected chi connectivity index (χ0v) is 10.8. The van der Waals surface area contributed by atoms with Crippen LogP contribution in [0.2, 0.25) is 0 Å². The number of anilines is 1. The van der Waals surface area contributed by atoms with Crippen molar-refractivity contribution >= 4 is 5.82 Å². The molecular formula is C12H14F3N3O. The number of hydrogen-bond acceptors (Lipinski definition) is 4. The SMILES string of the molecule is C#CC(C)(C)Oc1cc(NCC)nc(C(F)(F)F)n1. The molecule has 0 amide bonds. The Bertz CT molecular complexity index is 492. The number of halogens is 3. The predicted octanol–water partition coefficient (Wildman–Crippen LogP) is 2.72. The van der Waals surface area contributed by atoms with Gasteiger partial charge >= 0.3 is 6.18 Å². The number of terminal acetylenes is 1. The highest BCUT2D eigenvalue weighted by Crippen LogP contribution is 2.29. The molecule has 0 fully saturated rings. The van der Waals surface area contributed by atoms with E-state index in [-0.39, 0.29) is 11.7 Å². The molecule has 0 unspecified atom stereocenters. The summed E-state index contributed by atoms with van der Waals surface area (Å²) >= 11 is 0. The second-order valence-electron chi connectivity index (χ2n) is 4.20. The quantitative estimate of drug-likeness (QED) is 0.857. The van der Waals surface area contributed by atoms with Gasteiger partial charge in [-0.15, -0.1) is 6.42 Å². The summed E-state index contributed by atoms with van der Waals surface area (Å²) in [5, 5.41) is 2.68. The Labute approximate surface area is 109 Å². The van der Waals surface area contributed by atoms with E-state index in [2.05, 4.69) is 21.2 Å². The summed E-state index contributed by atoms with van der Waals surface area (Å²) < 4.78 is 43.2. The van der Waals surface area contributed by atoms with Gasteiger partial charge in [0.25, 0.3) is 0 Å². The van der Waals surface area contributed by atoms with Gasteiger partial charge in [-0.1, -0.05) is 5.92 Å². The van der Waals surface area contributed by atoms with Gasteiger partial charge in [0.05, 0.1) is 0 Å². The number of alkyl halides is 3. The molecule has 1 aromatic heterocycles. The van der Waals surface area contributed by atoms with E-state index in [1.54, 1.807) is 20.8 Å². The first-order valence-corrected chi connectivity index (χ1v) is 5.55. The second kappa shape index (κ2) is 5.34. The molecule has 0 aliphatic carbocycles. The third kappa shape index (κ3) is 4.32. The van der Waals surface area contributed by atoms with Crippen LogP contribution in [0.1, 0.15) is 26.6 Å². The lowest BCUT2D eigenvalue weighted by molar-refractivity contribution is -0.145. The third-order valence-electron chi connectivity index (χ3n) is 2.02. The predicted molar refractivity (Wildman–Crippen MR) is 64.7 cm³/mol. The molecule has 104 valence electrons. The van der Waals surface area contributed by atoms with Gasteiger partial charge in [-0.25, -0.2) is 4.98 Å². The maximum Gasteiger partial charge on any atom is 0.451 e. The van der Waals surface area contributed by atoms with E-state index in [9.17, 15) is 13.2 Å². The van der Waals surface area contributed by atoms with Crippen LogP contribution in [0.25, 0.3) is 0 Å². The maximum absolute atomic E-state index is 12.7. The summed E-state index contributed by atoms with van der Waals surface area (Å²) in [6.07, 6.45) is 0.569. The molecular weight excluding hydrogens is 259 g/mol. The van der Waals surface area contributed by atoms with Gasteiger partial charge < -0.3 is 10.1 Å². The van der Waals surface area contributed by atoms with Gasteiger partial charge in [0.15, 0.2) is 5.60 Å². The molecule has 1 rings (SSSR count). The number of hydrogen-bond donors (Lipinski definition) is 1. The van der Waals surface area contributed by atoms with Crippen molar-refractivity contribution in [2.24, 2.45) is 0 Å². The van der Waals surface area contributed by atoms with Crippen LogP contribution < -0.4 is 10.1 Å². The van der Waals surface area contributed by atoms with Crippen LogP contribution in [0.15, 0.2) is 6.07 Å². The molecule has 4 nitrogen and oxygen atoms in total. The average molecular weight is 273 g/mol. The van der Waals surface area contributed by atoms with Crippen LogP contribution in [0.5, 0.6) is 5.88 Å². The Morgan fingerprint density at radius 2 is 2.00 bits per heavy atom. The van der Waals surface area contributed by atoms with Crippen molar-refractivity contribution in [2.45, 2.75) is 32.5 Å². The Balaban J connectivity index is 3.18. The topological polar surface area (TPSA) is 47.0 Å². The Kier molecular flexibility index (Phi) is 4.24. The molecule has 0 saturated carbocycles. The van der Waals surface area contributed by atoms with E-state index in [0.717, 1.165) is 0 Å². The smallest absolute Gasteiger partial charge is 0.451 e. The van der Waals surface area contributed by atoms with E-state index in [1.807, 2.05) is 0 Å². The molecule has 1 heterocycles. The molecule has 0 aromatic carbocycles. The first kappa shape index (κ1) is 15.1. The fourth-order valence-corrected chi connectivity index (χ4v) is 1.17. The third-order valence-corrected chi connectivity index (χ3v) is 2.02. The van der Waals surface area contributed by atoms with Crippen molar-refractivity contribution in [1.82, 2.24) is 9.97 Å². The van der Waals surface area contributed by atoms with Crippen molar-refractivity contribution in [3.05, 3.63) is 11.9 Å². The molecule has 1 aromatic rings. The molecule has 0 aliphatic rings. The number of nitrogens with zero attached hydrogens (tertiary/aromatic N) is 2. The summed E-state index contributed by atoms with van der Waals surface area (Å²) in [6, 6.07) is 1.28. The maximum atomic E-state index is 12.7. The van der Waals surface area contributed by atoms with Gasteiger partial charge in [-0.2, -0.15) is 18.2 Å². The van der Waals surface area contributed by atoms with Crippen LogP contribution in [-0.4, -0.2) is 22.1 Å². The average Bonchev–Trinajstić information content (AvgIpc) is 2.27. The largest absolute Gasteiger partial charge is 0.458 e. The fraction of sp³-hybridized carbons (Fsp3) is 0.500. The molecule has 0 aliphatic heterocycles. The summed E-state index contributed by atoms with van der Waals surface area (Å²) in [7, 11) is 0. The molecule has 7 heteroatoms. The van der Waals surface area contributed by atoms with Crippen LogP contribution >= 0.6 is 0 Å². The molecule has 0 radical (unpaired) electrons. The second-order valence-corrected chi connectivity index (χ2v) is 4.20. The summed E-state index contributed by atoms with van der Waals surface area (Å²) in [6.45, 7) is 5.26. The summed E-state index contributed by atoms with van der Waals surface area (Å²) in [5.41, 5.74) is -1.05. The molecule has 19 heavy (non-hydrogen) atoms. The summed E-state index contributed by atoms with van der Waals surface area (Å²) in [4.78, 5) is 6.70. The highest BCUT2D eigenvalue weighted by atomic mass is 19.4. The zero-order chi connectivity index (χ0) is 14.7. The molecule has 1 N–H and O–H groups in total. The van der Waals surface area contributed by atoms with Gasteiger partial charge in [0.2, 0.25) is 11.7 Å². The number of ether oxygens (including phenoxy) is 1. The number of aromatic nitrogens is 2. The van der Waals surface area contributed by atoms with Crippen molar-refractivity contribution in [1.29, 1.82) is 0 Å². The lowest BCUT2D eigenvalue weighted by Crippen LogP contribution is -2.27. The minimum atomic E-state index is -4.65. The van der Waals surface area contributed by atoms with Gasteiger partial charge in [0, 0.05) is 12.6 Å². The monoisotopic (exact) mass is 273 g/mol. The lowest BCUT2D eigenvalue weighted by Gasteiger charge is -2.20. The van der Waals surface area contributed by atoms with Crippen molar-refractivity contribution < 1.29 is 17.9 Å². The van der Waals surface area contributed by atoms with Gasteiger partial charge in [-0.3, -0.25) is 0 Å². The van der Waals surface area contributed by atoms with Crippen molar-refractivity contribution in [2.75, 3.05) is 11.9 Å². The molecule has 0 spiro atoms. The first-order valence-electron chi connectivity index (χ1n) is 5.55. The van der Waals surface area contributed by atoms with Gasteiger partial charge in [0.1, 0.15) is 5.82 Å². The highest BCUT2D eigenvalue weighted by molar-refractivity contribution is 5.39. The van der Waals surface area contributed by atoms with Crippen LogP contribution in [0.4, 0.5) is 19.0 Å². The zero-order valence-electron chi connectivity index (χ0n) is 10.8. The first-order chi connectivity index (χ1) is 8.68. The van der Waals surface area contributed by atoms with Crippen molar-refractivity contribution in [3.8, 4) is 18.2 Å². The number of rotatable bonds is 4. The number of nitrogens with one attached hydrogen (secondary N) is 1. The van der Waals surface area contributed by atoms with E-state index in [1.165, 1.54) is 6.07 Å². The van der Waals surface area contributed by atoms with Crippen LogP contribution in [0.3, 0.4) is 0 Å². The fourth-order valence-electron chi connectivity index (χ4n) is 1.17. The minimum Gasteiger partial charge on any atom is -0.458 e. The van der Waals surface area contributed by atoms with Gasteiger partial charge in [-0.05, 0) is 20.8 Å². The van der Waals surface area contributed by atoms with Crippen molar-refractivity contribution in [3.63, 3.8) is 0 Å². The normalized spacial score (nSPS) is 11.8. The molecule has 0 bridgehead atoms. The van der Waals surface area contributed by atoms with Crippen LogP contribution in [0, 0.1) is 12.3 Å². The lowest BCUT2D eigenvalue weighted by atomic mass is 10.1. The van der Waals surface area contributed by atoms with E-state index in [4.69, 9.17) is 11.2 Å². The molecule has 0 saturated heterocycles. The molecule has 0 atom stereocenters. The Morgan fingerprint density at radius 3 is 2.47 bits per heavy atom. The Morgan fingerprint density at radius 1 is 1.37 bits per heavy atom. The van der Waals surface area contributed by atoms with E-state index < -0.39 is 17.6 Å². The minimum absolute atomic E-state index is 0.0349. The Hall–Kier alpha value is -1.97. The highest BCUT2D eigenvalue weighted by Gasteiger charge is 2.36. The standard InChI is InChI=1S/C12H14F3N3O/c1-5-11(3,4)19-9-7-8(16-6-2)17-10(18-9)12(13,14)15/h1,7H,6H2,2-4H3,(H,16,17,18). The van der Waals surface area contributed by atoms with E-state index >= 15 is 0 Å². The summed E-state index contributed by atoms with van der Waals surface area (Å²) in [5.74, 6) is 0.859.